The Bertz CT molecular complexity index is 691. The van der Waals surface area contributed by atoms with Gasteiger partial charge in [0.25, 0.3) is 0 Å². The zero-order chi connectivity index (χ0) is 17.3. The van der Waals surface area contributed by atoms with Gasteiger partial charge in [0.1, 0.15) is 12.4 Å². The lowest BCUT2D eigenvalue weighted by molar-refractivity contribution is 0.0131. The van der Waals surface area contributed by atoms with Crippen LogP contribution in [0.25, 0.3) is 0 Å². The largest absolute Gasteiger partial charge is 0.486 e. The Morgan fingerprint density at radius 3 is 2.76 bits per heavy atom. The molecule has 0 bridgehead atoms. The van der Waals surface area contributed by atoms with Crippen molar-refractivity contribution in [3.8, 4) is 5.75 Å². The van der Waals surface area contributed by atoms with E-state index in [9.17, 15) is 0 Å². The third-order valence-electron chi connectivity index (χ3n) is 6.01. The van der Waals surface area contributed by atoms with Gasteiger partial charge < -0.3 is 14.6 Å². The minimum atomic E-state index is 0.328. The Morgan fingerprint density at radius 1 is 1.24 bits per heavy atom. The predicted octanol–water partition coefficient (Wildman–Crippen LogP) is 4.21. The Morgan fingerprint density at radius 2 is 2.04 bits per heavy atom. The lowest BCUT2D eigenvalue weighted by atomic mass is 9.57. The maximum Gasteiger partial charge on any atom is 0.174 e. The van der Waals surface area contributed by atoms with Crippen LogP contribution in [0.4, 0.5) is 0 Å². The van der Waals surface area contributed by atoms with Crippen molar-refractivity contribution in [1.82, 2.24) is 10.5 Å². The van der Waals surface area contributed by atoms with E-state index in [1.54, 1.807) is 0 Å². The summed E-state index contributed by atoms with van der Waals surface area (Å²) in [6.07, 6.45) is 5.05. The second kappa shape index (κ2) is 6.83. The van der Waals surface area contributed by atoms with Gasteiger partial charge in [0.2, 0.25) is 0 Å². The first-order chi connectivity index (χ1) is 12.1. The zero-order valence-electron chi connectivity index (χ0n) is 15.2. The fraction of sp³-hybridized carbons (Fsp3) is 0.571. The summed E-state index contributed by atoms with van der Waals surface area (Å²) in [6.45, 7) is 6.39. The number of para-hydroxylation sites is 1. The molecule has 4 nitrogen and oxygen atoms in total. The molecule has 2 aliphatic carbocycles. The van der Waals surface area contributed by atoms with Crippen molar-refractivity contribution >= 4 is 0 Å². The molecule has 1 N–H and O–H groups in total. The lowest BCUT2D eigenvalue weighted by Crippen LogP contribution is -2.57. The maximum atomic E-state index is 5.73. The first-order valence-corrected chi connectivity index (χ1v) is 9.47. The van der Waals surface area contributed by atoms with E-state index in [0.29, 0.717) is 24.0 Å². The molecule has 2 aliphatic rings. The van der Waals surface area contributed by atoms with E-state index in [-0.39, 0.29) is 0 Å². The molecule has 0 radical (unpaired) electrons. The predicted molar refractivity (Wildman–Crippen MR) is 97.4 cm³/mol. The molecular formula is C21H28N2O2. The van der Waals surface area contributed by atoms with Gasteiger partial charge in [-0.25, -0.2) is 0 Å². The second-order valence-corrected chi connectivity index (χ2v) is 8.25. The number of hydrogen-bond acceptors (Lipinski definition) is 4. The van der Waals surface area contributed by atoms with Crippen molar-refractivity contribution in [3.63, 3.8) is 0 Å². The van der Waals surface area contributed by atoms with Crippen molar-refractivity contribution in [3.05, 3.63) is 47.9 Å². The van der Waals surface area contributed by atoms with Crippen LogP contribution in [0.3, 0.4) is 0 Å². The van der Waals surface area contributed by atoms with Crippen molar-refractivity contribution in [2.45, 2.75) is 52.2 Å². The molecule has 1 heterocycles. The summed E-state index contributed by atoms with van der Waals surface area (Å²) in [4.78, 5) is 0. The summed E-state index contributed by atoms with van der Waals surface area (Å²) >= 11 is 0. The van der Waals surface area contributed by atoms with E-state index in [1.807, 2.05) is 36.4 Å². The Labute approximate surface area is 149 Å². The molecule has 25 heavy (non-hydrogen) atoms. The number of hydrogen-bond donors (Lipinski definition) is 1. The molecule has 1 aromatic heterocycles. The molecule has 4 rings (SSSR count). The van der Waals surface area contributed by atoms with Gasteiger partial charge in [-0.3, -0.25) is 0 Å². The number of benzene rings is 1. The van der Waals surface area contributed by atoms with Gasteiger partial charge in [-0.2, -0.15) is 0 Å². The molecule has 1 aromatic carbocycles. The summed E-state index contributed by atoms with van der Waals surface area (Å²) in [6, 6.07) is 12.5. The highest BCUT2D eigenvalue weighted by molar-refractivity contribution is 5.21. The first-order valence-electron chi connectivity index (χ1n) is 9.47. The van der Waals surface area contributed by atoms with Gasteiger partial charge in [-0.15, -0.1) is 0 Å². The van der Waals surface area contributed by atoms with Gasteiger partial charge in [-0.05, 0) is 61.6 Å². The van der Waals surface area contributed by atoms with Crippen molar-refractivity contribution in [2.24, 2.45) is 17.3 Å². The highest BCUT2D eigenvalue weighted by atomic mass is 16.5. The fourth-order valence-electron chi connectivity index (χ4n) is 3.78. The van der Waals surface area contributed by atoms with Crippen LogP contribution in [0.1, 0.15) is 44.6 Å². The number of nitrogens with one attached hydrogen (secondary N) is 1. The van der Waals surface area contributed by atoms with E-state index >= 15 is 0 Å². The van der Waals surface area contributed by atoms with Crippen LogP contribution in [0, 0.1) is 17.3 Å². The van der Waals surface area contributed by atoms with Crippen molar-refractivity contribution in [1.29, 1.82) is 0 Å². The van der Waals surface area contributed by atoms with E-state index in [4.69, 9.17) is 9.26 Å². The molecule has 2 atom stereocenters. The smallest absolute Gasteiger partial charge is 0.174 e. The summed E-state index contributed by atoms with van der Waals surface area (Å²) < 4.78 is 11.2. The Kier molecular flexibility index (Phi) is 4.55. The van der Waals surface area contributed by atoms with E-state index in [2.05, 4.69) is 24.3 Å². The summed E-state index contributed by atoms with van der Waals surface area (Å²) in [5, 5.41) is 8.02. The van der Waals surface area contributed by atoms with Gasteiger partial charge in [0.05, 0.1) is 5.69 Å². The number of nitrogens with zero attached hydrogens (tertiary/aromatic N) is 1. The van der Waals surface area contributed by atoms with Crippen LogP contribution >= 0.6 is 0 Å². The molecule has 0 spiro atoms. The minimum Gasteiger partial charge on any atom is -0.486 e. The van der Waals surface area contributed by atoms with Crippen LogP contribution < -0.4 is 10.1 Å². The molecule has 0 amide bonds. The summed E-state index contributed by atoms with van der Waals surface area (Å²) in [5.74, 6) is 3.25. The fourth-order valence-corrected chi connectivity index (χ4v) is 3.78. The molecule has 2 fully saturated rings. The molecule has 2 aromatic rings. The van der Waals surface area contributed by atoms with Gasteiger partial charge in [0.15, 0.2) is 5.76 Å². The second-order valence-electron chi connectivity index (χ2n) is 8.25. The SMILES string of the molecule is CC1(C)C(Cc2cc(COc3ccccc3)on2)CC1NCC1CC1. The van der Waals surface area contributed by atoms with Crippen molar-refractivity contribution < 1.29 is 9.26 Å². The number of ether oxygens (including phenoxy) is 1. The normalized spacial score (nSPS) is 24.7. The molecule has 2 unspecified atom stereocenters. The molecule has 4 heteroatoms. The van der Waals surface area contributed by atoms with Gasteiger partial charge in [0, 0.05) is 12.1 Å². The van der Waals surface area contributed by atoms with E-state index in [1.165, 1.54) is 25.8 Å². The van der Waals surface area contributed by atoms with Crippen LogP contribution in [-0.4, -0.2) is 17.7 Å². The maximum absolute atomic E-state index is 5.73. The molecule has 0 saturated heterocycles. The van der Waals surface area contributed by atoms with E-state index in [0.717, 1.165) is 29.5 Å². The highest BCUT2D eigenvalue weighted by Gasteiger charge is 2.48. The average Bonchev–Trinajstić information content (AvgIpc) is 3.34. The van der Waals surface area contributed by atoms with E-state index < -0.39 is 0 Å². The Hall–Kier alpha value is -1.81. The average molecular weight is 340 g/mol. The molecular weight excluding hydrogens is 312 g/mol. The number of rotatable bonds is 8. The van der Waals surface area contributed by atoms with Crippen LogP contribution in [0.5, 0.6) is 5.75 Å². The van der Waals surface area contributed by atoms with Gasteiger partial charge in [-0.1, -0.05) is 37.2 Å². The quantitative estimate of drug-likeness (QED) is 0.782. The molecule has 2 saturated carbocycles. The van der Waals surface area contributed by atoms with Crippen LogP contribution in [0.15, 0.2) is 40.9 Å². The van der Waals surface area contributed by atoms with Gasteiger partial charge >= 0.3 is 0 Å². The molecule has 0 aliphatic heterocycles. The Balaban J connectivity index is 1.26. The highest BCUT2D eigenvalue weighted by Crippen LogP contribution is 2.48. The van der Waals surface area contributed by atoms with Crippen LogP contribution in [-0.2, 0) is 13.0 Å². The third-order valence-corrected chi connectivity index (χ3v) is 6.01. The summed E-state index contributed by atoms with van der Waals surface area (Å²) in [7, 11) is 0. The minimum absolute atomic E-state index is 0.328. The molecule has 134 valence electrons. The standard InChI is InChI=1S/C21H28N2O2/c1-21(2)16(11-20(21)22-13-15-8-9-15)10-17-12-19(25-23-17)14-24-18-6-4-3-5-7-18/h3-7,12,15-16,20,22H,8-11,13-14H2,1-2H3. The lowest BCUT2D eigenvalue weighted by Gasteiger charge is -2.52. The number of aromatic nitrogens is 1. The van der Waals surface area contributed by atoms with Crippen LogP contribution in [0.2, 0.25) is 0 Å². The topological polar surface area (TPSA) is 47.3 Å². The first kappa shape index (κ1) is 16.6. The monoisotopic (exact) mass is 340 g/mol. The third kappa shape index (κ3) is 3.90. The zero-order valence-corrected chi connectivity index (χ0v) is 15.2. The van der Waals surface area contributed by atoms with Crippen molar-refractivity contribution in [2.75, 3.05) is 6.54 Å². The summed E-state index contributed by atoms with van der Waals surface area (Å²) in [5.41, 5.74) is 1.37.